The monoisotopic (exact) mass is 326 g/mol. The van der Waals surface area contributed by atoms with E-state index in [1.807, 2.05) is 30.3 Å². The van der Waals surface area contributed by atoms with Crippen molar-refractivity contribution in [1.29, 1.82) is 5.26 Å². The van der Waals surface area contributed by atoms with Crippen LogP contribution in [0.5, 0.6) is 11.5 Å². The number of morpholine rings is 1. The van der Waals surface area contributed by atoms with E-state index in [9.17, 15) is 10.1 Å². The van der Waals surface area contributed by atoms with E-state index < -0.39 is 0 Å². The average Bonchev–Trinajstić information content (AvgIpc) is 2.65. The number of rotatable bonds is 3. The van der Waals surface area contributed by atoms with Gasteiger partial charge in [-0.1, -0.05) is 12.1 Å². The number of para-hydroxylation sites is 1. The van der Waals surface area contributed by atoms with Crippen LogP contribution in [0.25, 0.3) is 6.08 Å². The van der Waals surface area contributed by atoms with Crippen molar-refractivity contribution in [3.8, 4) is 17.6 Å². The van der Waals surface area contributed by atoms with Crippen LogP contribution < -0.4 is 9.47 Å². The van der Waals surface area contributed by atoms with Crippen LogP contribution in [-0.4, -0.2) is 50.8 Å². The van der Waals surface area contributed by atoms with E-state index in [1.54, 1.807) is 18.1 Å². The lowest BCUT2D eigenvalue weighted by Gasteiger charge is -2.26. The highest BCUT2D eigenvalue weighted by Gasteiger charge is 2.22. The lowest BCUT2D eigenvalue weighted by Crippen LogP contribution is -2.41. The molecule has 0 bridgehead atoms. The third-order valence-corrected chi connectivity index (χ3v) is 3.93. The second-order valence-corrected chi connectivity index (χ2v) is 5.46. The van der Waals surface area contributed by atoms with Gasteiger partial charge in [0.15, 0.2) is 11.5 Å². The summed E-state index contributed by atoms with van der Waals surface area (Å²) in [6.07, 6.45) is 3.51. The predicted molar refractivity (Wildman–Crippen MR) is 87.6 cm³/mol. The largest absolute Gasteiger partial charge is 0.493 e. The van der Waals surface area contributed by atoms with Gasteiger partial charge in [-0.3, -0.25) is 4.79 Å². The molecule has 0 aromatic heterocycles. The lowest BCUT2D eigenvalue weighted by atomic mass is 10.0. The Morgan fingerprint density at radius 3 is 2.88 bits per heavy atom. The Morgan fingerprint density at radius 2 is 2.17 bits per heavy atom. The summed E-state index contributed by atoms with van der Waals surface area (Å²) in [6.45, 7) is 2.31. The van der Waals surface area contributed by atoms with Gasteiger partial charge in [-0.05, 0) is 23.8 Å². The standard InChI is InChI=1S/C18H18N2O4/c1-22-16-4-2-3-14-9-13(12-24-17(14)16)10-15(11-19)18(21)20-5-7-23-8-6-20/h2-4,9-10H,5-8,12H2,1H3. The first-order chi connectivity index (χ1) is 11.7. The van der Waals surface area contributed by atoms with Crippen LogP contribution in [0.3, 0.4) is 0 Å². The molecular formula is C18H18N2O4. The molecule has 2 heterocycles. The van der Waals surface area contributed by atoms with E-state index in [4.69, 9.17) is 14.2 Å². The number of hydrogen-bond acceptors (Lipinski definition) is 5. The summed E-state index contributed by atoms with van der Waals surface area (Å²) in [4.78, 5) is 14.1. The number of nitrogens with zero attached hydrogens (tertiary/aromatic N) is 2. The number of carbonyl (C=O) groups excluding carboxylic acids is 1. The normalized spacial score (nSPS) is 17.2. The Balaban J connectivity index is 1.85. The fourth-order valence-corrected chi connectivity index (χ4v) is 2.71. The fraction of sp³-hybridized carbons (Fsp3) is 0.333. The van der Waals surface area contributed by atoms with Crippen molar-refractivity contribution in [1.82, 2.24) is 4.90 Å². The minimum absolute atomic E-state index is 0.109. The van der Waals surface area contributed by atoms with Gasteiger partial charge in [-0.2, -0.15) is 5.26 Å². The van der Waals surface area contributed by atoms with Crippen molar-refractivity contribution in [2.24, 2.45) is 0 Å². The Bertz CT molecular complexity index is 740. The van der Waals surface area contributed by atoms with Gasteiger partial charge in [-0.25, -0.2) is 0 Å². The Hall–Kier alpha value is -2.78. The number of hydrogen-bond donors (Lipinski definition) is 0. The van der Waals surface area contributed by atoms with Crippen LogP contribution >= 0.6 is 0 Å². The third kappa shape index (κ3) is 3.26. The van der Waals surface area contributed by atoms with Crippen LogP contribution in [0.15, 0.2) is 35.4 Å². The topological polar surface area (TPSA) is 71.8 Å². The Kier molecular flexibility index (Phi) is 4.82. The number of amides is 1. The van der Waals surface area contributed by atoms with Gasteiger partial charge < -0.3 is 19.1 Å². The molecule has 0 unspecified atom stereocenters. The summed E-state index contributed by atoms with van der Waals surface area (Å²) in [5.41, 5.74) is 1.75. The maximum atomic E-state index is 12.4. The molecule has 3 rings (SSSR count). The average molecular weight is 326 g/mol. The number of carbonyl (C=O) groups is 1. The minimum atomic E-state index is -0.266. The first-order valence-corrected chi connectivity index (χ1v) is 7.72. The van der Waals surface area contributed by atoms with Gasteiger partial charge in [0.05, 0.1) is 20.3 Å². The quantitative estimate of drug-likeness (QED) is 0.625. The predicted octanol–water partition coefficient (Wildman–Crippen LogP) is 1.78. The van der Waals surface area contributed by atoms with Gasteiger partial charge in [0, 0.05) is 18.7 Å². The van der Waals surface area contributed by atoms with Gasteiger partial charge in [0.1, 0.15) is 18.2 Å². The molecule has 124 valence electrons. The van der Waals surface area contributed by atoms with Crippen molar-refractivity contribution in [2.75, 3.05) is 40.0 Å². The molecule has 1 aromatic carbocycles. The highest BCUT2D eigenvalue weighted by Crippen LogP contribution is 2.35. The smallest absolute Gasteiger partial charge is 0.264 e. The van der Waals surface area contributed by atoms with E-state index in [-0.39, 0.29) is 18.1 Å². The third-order valence-electron chi connectivity index (χ3n) is 3.93. The summed E-state index contributed by atoms with van der Waals surface area (Å²) in [5, 5.41) is 9.35. The van der Waals surface area contributed by atoms with E-state index in [1.165, 1.54) is 0 Å². The van der Waals surface area contributed by atoms with Gasteiger partial charge in [0.2, 0.25) is 0 Å². The van der Waals surface area contributed by atoms with Crippen molar-refractivity contribution in [2.45, 2.75) is 0 Å². The zero-order valence-corrected chi connectivity index (χ0v) is 13.4. The van der Waals surface area contributed by atoms with Crippen LogP contribution in [0, 0.1) is 11.3 Å². The highest BCUT2D eigenvalue weighted by atomic mass is 16.5. The Labute approximate surface area is 140 Å². The Morgan fingerprint density at radius 1 is 1.38 bits per heavy atom. The molecule has 1 saturated heterocycles. The van der Waals surface area contributed by atoms with Crippen LogP contribution in [0.1, 0.15) is 5.56 Å². The summed E-state index contributed by atoms with van der Waals surface area (Å²) in [6, 6.07) is 7.60. The molecule has 6 heteroatoms. The number of nitriles is 1. The van der Waals surface area contributed by atoms with Crippen LogP contribution in [0.2, 0.25) is 0 Å². The zero-order chi connectivity index (χ0) is 16.9. The number of benzene rings is 1. The highest BCUT2D eigenvalue weighted by molar-refractivity contribution is 5.98. The molecule has 0 radical (unpaired) electrons. The van der Waals surface area contributed by atoms with E-state index in [0.717, 1.165) is 11.1 Å². The molecule has 6 nitrogen and oxygen atoms in total. The van der Waals surface area contributed by atoms with E-state index in [2.05, 4.69) is 0 Å². The zero-order valence-electron chi connectivity index (χ0n) is 13.4. The summed E-state index contributed by atoms with van der Waals surface area (Å²) < 4.78 is 16.2. The van der Waals surface area contributed by atoms with Crippen molar-refractivity contribution < 1.29 is 19.0 Å². The van der Waals surface area contributed by atoms with Gasteiger partial charge in [0.25, 0.3) is 5.91 Å². The SMILES string of the molecule is COc1cccc2c1OCC(C=C(C#N)C(=O)N1CCOCC1)=C2. The van der Waals surface area contributed by atoms with E-state index >= 15 is 0 Å². The van der Waals surface area contributed by atoms with Crippen LogP contribution in [0.4, 0.5) is 0 Å². The summed E-state index contributed by atoms with van der Waals surface area (Å²) in [5.74, 6) is 1.07. The van der Waals surface area contributed by atoms with Gasteiger partial charge in [-0.15, -0.1) is 0 Å². The lowest BCUT2D eigenvalue weighted by molar-refractivity contribution is -0.130. The first kappa shape index (κ1) is 16.1. The molecule has 0 spiro atoms. The number of methoxy groups -OCH3 is 1. The molecule has 24 heavy (non-hydrogen) atoms. The van der Waals surface area contributed by atoms with Gasteiger partial charge >= 0.3 is 0 Å². The fourth-order valence-electron chi connectivity index (χ4n) is 2.71. The molecule has 0 N–H and O–H groups in total. The molecule has 1 amide bonds. The molecular weight excluding hydrogens is 308 g/mol. The molecule has 0 atom stereocenters. The molecule has 2 aliphatic heterocycles. The molecule has 1 fully saturated rings. The molecule has 1 aromatic rings. The summed E-state index contributed by atoms with van der Waals surface area (Å²) >= 11 is 0. The summed E-state index contributed by atoms with van der Waals surface area (Å²) in [7, 11) is 1.59. The minimum Gasteiger partial charge on any atom is -0.493 e. The first-order valence-electron chi connectivity index (χ1n) is 7.72. The number of fused-ring (bicyclic) bond motifs is 1. The second-order valence-electron chi connectivity index (χ2n) is 5.46. The van der Waals surface area contributed by atoms with Crippen molar-refractivity contribution >= 4 is 12.0 Å². The second kappa shape index (κ2) is 7.20. The molecule has 0 saturated carbocycles. The maximum Gasteiger partial charge on any atom is 0.264 e. The van der Waals surface area contributed by atoms with E-state index in [0.29, 0.717) is 37.8 Å². The van der Waals surface area contributed by atoms with Crippen LogP contribution in [-0.2, 0) is 9.53 Å². The van der Waals surface area contributed by atoms with Crippen molar-refractivity contribution in [3.63, 3.8) is 0 Å². The van der Waals surface area contributed by atoms with Crippen molar-refractivity contribution in [3.05, 3.63) is 41.0 Å². The number of ether oxygens (including phenoxy) is 3. The maximum absolute atomic E-state index is 12.4. The molecule has 2 aliphatic rings. The molecule has 0 aliphatic carbocycles.